The second kappa shape index (κ2) is 3.22. The molecule has 0 fully saturated rings. The van der Waals surface area contributed by atoms with Gasteiger partial charge >= 0.3 is 0 Å². The van der Waals surface area contributed by atoms with Gasteiger partial charge in [-0.2, -0.15) is 0 Å². The Labute approximate surface area is 96.0 Å². The first-order valence-electron chi connectivity index (χ1n) is 6.23. The van der Waals surface area contributed by atoms with Gasteiger partial charge in [0, 0.05) is 24.8 Å². The van der Waals surface area contributed by atoms with Crippen LogP contribution in [0.2, 0.25) is 0 Å². The first-order chi connectivity index (χ1) is 7.57. The highest BCUT2D eigenvalue weighted by molar-refractivity contribution is 6.00. The fourth-order valence-corrected chi connectivity index (χ4v) is 3.09. The molecule has 0 amide bonds. The van der Waals surface area contributed by atoms with Crippen molar-refractivity contribution in [3.05, 3.63) is 22.6 Å². The second-order valence-corrected chi connectivity index (χ2v) is 5.95. The summed E-state index contributed by atoms with van der Waals surface area (Å²) >= 11 is 0. The maximum Gasteiger partial charge on any atom is 0.167 e. The number of hydrogen-bond donors (Lipinski definition) is 0. The van der Waals surface area contributed by atoms with E-state index in [9.17, 15) is 4.79 Å². The fraction of sp³-hybridized carbons (Fsp3) is 0.643. The lowest BCUT2D eigenvalue weighted by atomic mass is 9.75. The van der Waals surface area contributed by atoms with Crippen molar-refractivity contribution in [2.24, 2.45) is 5.41 Å². The monoisotopic (exact) mass is 218 g/mol. The molecule has 0 saturated heterocycles. The maximum absolute atomic E-state index is 12.2. The number of Topliss-reactive ketones (excluding diaryl/α,β-unsaturated/α-hetero) is 1. The summed E-state index contributed by atoms with van der Waals surface area (Å²) in [5.74, 6) is 2.37. The molecule has 0 aromatic carbocycles. The molecular weight excluding hydrogens is 200 g/mol. The molecule has 0 N–H and O–H groups in total. The van der Waals surface area contributed by atoms with Crippen molar-refractivity contribution in [1.82, 2.24) is 0 Å². The zero-order valence-electron chi connectivity index (χ0n) is 10.1. The number of rotatable bonds is 0. The smallest absolute Gasteiger partial charge is 0.167 e. The predicted molar refractivity (Wildman–Crippen MR) is 61.8 cm³/mol. The average molecular weight is 218 g/mol. The van der Waals surface area contributed by atoms with Crippen LogP contribution in [0.5, 0.6) is 0 Å². The SMILES string of the molecule is CC1(C)CC(=O)c2c(oc3c2CCCC3)C1. The number of hydrogen-bond acceptors (Lipinski definition) is 2. The molecule has 2 nitrogen and oxygen atoms in total. The van der Waals surface area contributed by atoms with Gasteiger partial charge < -0.3 is 4.42 Å². The van der Waals surface area contributed by atoms with Crippen molar-refractivity contribution < 1.29 is 9.21 Å². The van der Waals surface area contributed by atoms with Crippen molar-refractivity contribution in [2.45, 2.75) is 52.4 Å². The van der Waals surface area contributed by atoms with Crippen LogP contribution in [-0.2, 0) is 19.3 Å². The molecule has 2 heteroatoms. The van der Waals surface area contributed by atoms with Crippen molar-refractivity contribution in [3.63, 3.8) is 0 Å². The van der Waals surface area contributed by atoms with Gasteiger partial charge in [-0.3, -0.25) is 4.79 Å². The highest BCUT2D eigenvalue weighted by Gasteiger charge is 2.37. The van der Waals surface area contributed by atoms with Gasteiger partial charge in [0.05, 0.1) is 5.56 Å². The fourth-order valence-electron chi connectivity index (χ4n) is 3.09. The van der Waals surface area contributed by atoms with E-state index in [-0.39, 0.29) is 5.41 Å². The molecule has 2 aliphatic carbocycles. The van der Waals surface area contributed by atoms with Crippen molar-refractivity contribution in [3.8, 4) is 0 Å². The van der Waals surface area contributed by atoms with E-state index in [4.69, 9.17) is 4.42 Å². The molecule has 3 rings (SSSR count). The van der Waals surface area contributed by atoms with E-state index in [2.05, 4.69) is 13.8 Å². The summed E-state index contributed by atoms with van der Waals surface area (Å²) in [4.78, 5) is 12.2. The normalized spacial score (nSPS) is 22.8. The van der Waals surface area contributed by atoms with Crippen LogP contribution in [0.4, 0.5) is 0 Å². The van der Waals surface area contributed by atoms with E-state index in [1.807, 2.05) is 0 Å². The number of ketones is 1. The van der Waals surface area contributed by atoms with Gasteiger partial charge in [0.15, 0.2) is 5.78 Å². The molecule has 2 aliphatic rings. The Kier molecular flexibility index (Phi) is 2.04. The minimum atomic E-state index is 0.0739. The Morgan fingerprint density at radius 3 is 2.62 bits per heavy atom. The van der Waals surface area contributed by atoms with Crippen molar-refractivity contribution in [1.29, 1.82) is 0 Å². The van der Waals surface area contributed by atoms with E-state index < -0.39 is 0 Å². The van der Waals surface area contributed by atoms with Crippen LogP contribution in [-0.4, -0.2) is 5.78 Å². The Balaban J connectivity index is 2.12. The van der Waals surface area contributed by atoms with Crippen molar-refractivity contribution >= 4 is 5.78 Å². The van der Waals surface area contributed by atoms with Gasteiger partial charge in [0.2, 0.25) is 0 Å². The Morgan fingerprint density at radius 2 is 1.81 bits per heavy atom. The molecule has 0 saturated carbocycles. The van der Waals surface area contributed by atoms with Crippen molar-refractivity contribution in [2.75, 3.05) is 0 Å². The molecule has 0 spiro atoms. The first kappa shape index (κ1) is 10.1. The molecule has 16 heavy (non-hydrogen) atoms. The van der Waals surface area contributed by atoms with Crippen LogP contribution in [0, 0.1) is 5.41 Å². The summed E-state index contributed by atoms with van der Waals surface area (Å²) in [7, 11) is 0. The van der Waals surface area contributed by atoms with E-state index in [0.29, 0.717) is 12.2 Å². The van der Waals surface area contributed by atoms with Crippen LogP contribution in [0.1, 0.15) is 60.6 Å². The Bertz CT molecular complexity index is 452. The molecule has 1 aromatic heterocycles. The molecule has 0 unspecified atom stereocenters. The van der Waals surface area contributed by atoms with E-state index in [1.165, 1.54) is 18.4 Å². The average Bonchev–Trinajstić information content (AvgIpc) is 2.52. The molecule has 0 aliphatic heterocycles. The third-order valence-corrected chi connectivity index (χ3v) is 3.80. The highest BCUT2D eigenvalue weighted by atomic mass is 16.3. The van der Waals surface area contributed by atoms with Gasteiger partial charge in [-0.25, -0.2) is 0 Å². The quantitative estimate of drug-likeness (QED) is 0.668. The Hall–Kier alpha value is -1.05. The standard InChI is InChI=1S/C14H18O2/c1-14(2)7-10(15)13-9-5-3-4-6-11(9)16-12(13)8-14/h3-8H2,1-2H3. The largest absolute Gasteiger partial charge is 0.465 e. The van der Waals surface area contributed by atoms with Gasteiger partial charge in [-0.1, -0.05) is 13.8 Å². The minimum absolute atomic E-state index is 0.0739. The zero-order valence-corrected chi connectivity index (χ0v) is 10.1. The van der Waals surface area contributed by atoms with Gasteiger partial charge in [-0.05, 0) is 24.7 Å². The van der Waals surface area contributed by atoms with Crippen LogP contribution in [0.25, 0.3) is 0 Å². The number of aryl methyl sites for hydroxylation is 1. The minimum Gasteiger partial charge on any atom is -0.465 e. The van der Waals surface area contributed by atoms with E-state index in [1.54, 1.807) is 0 Å². The van der Waals surface area contributed by atoms with E-state index >= 15 is 0 Å². The van der Waals surface area contributed by atoms with Crippen LogP contribution in [0.3, 0.4) is 0 Å². The molecule has 0 atom stereocenters. The summed E-state index contributed by atoms with van der Waals surface area (Å²) in [5.41, 5.74) is 2.26. The summed E-state index contributed by atoms with van der Waals surface area (Å²) < 4.78 is 5.91. The third kappa shape index (κ3) is 1.43. The third-order valence-electron chi connectivity index (χ3n) is 3.80. The topological polar surface area (TPSA) is 30.2 Å². The summed E-state index contributed by atoms with van der Waals surface area (Å²) in [6.07, 6.45) is 6.07. The summed E-state index contributed by atoms with van der Waals surface area (Å²) in [5, 5.41) is 0. The van der Waals surface area contributed by atoms with E-state index in [0.717, 1.165) is 36.3 Å². The molecular formula is C14H18O2. The Morgan fingerprint density at radius 1 is 1.06 bits per heavy atom. The molecule has 86 valence electrons. The lowest BCUT2D eigenvalue weighted by Gasteiger charge is -2.27. The lowest BCUT2D eigenvalue weighted by Crippen LogP contribution is -2.26. The highest BCUT2D eigenvalue weighted by Crippen LogP contribution is 2.40. The zero-order chi connectivity index (χ0) is 11.3. The number of furan rings is 1. The van der Waals surface area contributed by atoms with Gasteiger partial charge in [0.25, 0.3) is 0 Å². The summed E-state index contributed by atoms with van der Waals surface area (Å²) in [6.45, 7) is 4.30. The van der Waals surface area contributed by atoms with Crippen LogP contribution in [0.15, 0.2) is 4.42 Å². The second-order valence-electron chi connectivity index (χ2n) is 5.95. The van der Waals surface area contributed by atoms with Crippen LogP contribution >= 0.6 is 0 Å². The maximum atomic E-state index is 12.2. The summed E-state index contributed by atoms with van der Waals surface area (Å²) in [6, 6.07) is 0. The van der Waals surface area contributed by atoms with Gasteiger partial charge in [0.1, 0.15) is 11.5 Å². The van der Waals surface area contributed by atoms with Gasteiger partial charge in [-0.15, -0.1) is 0 Å². The number of fused-ring (bicyclic) bond motifs is 3. The molecule has 0 radical (unpaired) electrons. The van der Waals surface area contributed by atoms with Crippen LogP contribution < -0.4 is 0 Å². The number of carbonyl (C=O) groups excluding carboxylic acids is 1. The molecule has 0 bridgehead atoms. The predicted octanol–water partition coefficient (Wildman–Crippen LogP) is 3.31. The number of carbonyl (C=O) groups is 1. The lowest BCUT2D eigenvalue weighted by molar-refractivity contribution is 0.0903. The molecule has 1 aromatic rings. The first-order valence-corrected chi connectivity index (χ1v) is 6.23. The molecule has 1 heterocycles.